The molecule has 1 aliphatic rings. The third-order valence-electron chi connectivity index (χ3n) is 0.492. The van der Waals surface area contributed by atoms with Gasteiger partial charge < -0.3 is 10.8 Å². The Bertz CT molecular complexity index is 108. The molecular weight excluding hydrogens is 172 g/mol. The molecule has 0 aromatic rings. The highest BCUT2D eigenvalue weighted by Gasteiger charge is 2.12. The van der Waals surface area contributed by atoms with Crippen molar-refractivity contribution in [1.82, 2.24) is 0 Å². The summed E-state index contributed by atoms with van der Waals surface area (Å²) in [6.07, 6.45) is 0. The number of hydrogen-bond acceptors (Lipinski definition) is 4. The molecule has 0 saturated carbocycles. The maximum atomic E-state index is 7.14. The van der Waals surface area contributed by atoms with Crippen LogP contribution in [0.4, 0.5) is 0 Å². The molecule has 1 rings (SSSR count). The Kier molecular flexibility index (Phi) is 2.35. The normalized spacial score (nSPS) is 21.5. The predicted octanol–water partition coefficient (Wildman–Crippen LogP) is 0.574. The molecule has 1 saturated heterocycles. The quantitative estimate of drug-likeness (QED) is 0.528. The predicted molar refractivity (Wildman–Crippen MR) is 42.1 cm³/mol. The fourth-order valence-electron chi connectivity index (χ4n) is 0.236. The average molecular weight is 174 g/mol. The van der Waals surface area contributed by atoms with E-state index in [0.29, 0.717) is 17.3 Å². The molecule has 1 heterocycles. The summed E-state index contributed by atoms with van der Waals surface area (Å²) in [4.78, 5) is 0. The lowest BCUT2D eigenvalue weighted by Crippen LogP contribution is -2.15. The van der Waals surface area contributed by atoms with Crippen LogP contribution in [0, 0.1) is 10.8 Å². The van der Waals surface area contributed by atoms with Crippen LogP contribution in [0.15, 0.2) is 0 Å². The van der Waals surface area contributed by atoms with Gasteiger partial charge >= 0.3 is 0 Å². The Labute approximate surface area is 60.2 Å². The molecule has 0 amide bonds. The second-order valence-electron chi connectivity index (χ2n) is 1.07. The van der Waals surface area contributed by atoms with Crippen LogP contribution in [0.25, 0.3) is 0 Å². The second-order valence-corrected chi connectivity index (χ2v) is 6.87. The summed E-state index contributed by atoms with van der Waals surface area (Å²) in [5, 5.41) is 14.3. The van der Waals surface area contributed by atoms with Crippen molar-refractivity contribution in [2.24, 2.45) is 0 Å². The number of hydrogen-bond donors (Lipinski definition) is 2. The summed E-state index contributed by atoms with van der Waals surface area (Å²) in [5.41, 5.74) is 0. The van der Waals surface area contributed by atoms with Gasteiger partial charge in [0.2, 0.25) is 17.3 Å². The monoisotopic (exact) mass is 174 g/mol. The second kappa shape index (κ2) is 2.86. The van der Waals surface area contributed by atoms with E-state index in [4.69, 9.17) is 10.8 Å². The van der Waals surface area contributed by atoms with Crippen LogP contribution in [0.5, 0.6) is 0 Å². The van der Waals surface area contributed by atoms with Gasteiger partial charge in [0.15, 0.2) is 0 Å². The minimum absolute atomic E-state index is 0.501. The summed E-state index contributed by atoms with van der Waals surface area (Å²) in [5.74, 6) is 0. The van der Waals surface area contributed by atoms with E-state index >= 15 is 0 Å². The van der Waals surface area contributed by atoms with E-state index in [1.165, 1.54) is 22.4 Å². The maximum absolute atomic E-state index is 7.14. The average Bonchev–Trinajstić information content (AvgIpc) is 1.77. The molecule has 40 valence electrons. The summed E-state index contributed by atoms with van der Waals surface area (Å²) < 4.78 is 1.48. The van der Waals surface area contributed by atoms with E-state index in [9.17, 15) is 0 Å². The van der Waals surface area contributed by atoms with Crippen molar-refractivity contribution >= 4 is 49.1 Å². The number of rotatable bonds is 0. The fourth-order valence-corrected chi connectivity index (χ4v) is 6.80. The fraction of sp³-hybridized carbons (Fsp3) is 0. The van der Waals surface area contributed by atoms with Crippen LogP contribution in [-0.2, 0) is 0 Å². The zero-order valence-electron chi connectivity index (χ0n) is 3.82. The van der Waals surface area contributed by atoms with Crippen LogP contribution < -0.4 is 0 Å². The van der Waals surface area contributed by atoms with E-state index in [-0.39, 0.29) is 0 Å². The molecule has 2 nitrogen and oxygen atoms in total. The van der Waals surface area contributed by atoms with Gasteiger partial charge in [0.05, 0.1) is 9.33 Å². The zero-order valence-corrected chi connectivity index (χ0v) is 7.45. The Hall–Kier alpha value is 0.474. The largest absolute Gasteiger partial charge is 0.303 e. The van der Waals surface area contributed by atoms with Crippen LogP contribution >= 0.6 is 22.4 Å². The SMILES string of the molecule is N=C1[Si]SC(=N)[Si]S1. The van der Waals surface area contributed by atoms with Gasteiger partial charge in [0.25, 0.3) is 0 Å². The summed E-state index contributed by atoms with van der Waals surface area (Å²) >= 11 is 3.01. The van der Waals surface area contributed by atoms with Crippen molar-refractivity contribution < 1.29 is 0 Å². The third kappa shape index (κ3) is 1.77. The molecule has 0 spiro atoms. The highest BCUT2D eigenvalue weighted by Crippen LogP contribution is 2.14. The molecular formula is C2H2N2S2Si2. The Morgan fingerprint density at radius 1 is 1.00 bits per heavy atom. The van der Waals surface area contributed by atoms with Gasteiger partial charge in [-0.1, -0.05) is 0 Å². The Balaban J connectivity index is 2.40. The molecule has 0 aromatic carbocycles. The third-order valence-corrected chi connectivity index (χ3v) is 7.76. The maximum Gasteiger partial charge on any atom is 0.203 e. The van der Waals surface area contributed by atoms with Crippen molar-refractivity contribution in [3.05, 3.63) is 0 Å². The van der Waals surface area contributed by atoms with Crippen molar-refractivity contribution in [3.8, 4) is 0 Å². The van der Waals surface area contributed by atoms with Gasteiger partial charge in [-0.25, -0.2) is 0 Å². The van der Waals surface area contributed by atoms with Gasteiger partial charge in [-0.15, -0.1) is 22.4 Å². The van der Waals surface area contributed by atoms with Gasteiger partial charge in [-0.2, -0.15) is 0 Å². The minimum Gasteiger partial charge on any atom is -0.303 e. The van der Waals surface area contributed by atoms with Crippen molar-refractivity contribution in [2.75, 3.05) is 0 Å². The molecule has 0 bridgehead atoms. The highest BCUT2D eigenvalue weighted by atomic mass is 32.4. The summed E-state index contributed by atoms with van der Waals surface area (Å²) in [6.45, 7) is 0. The lowest BCUT2D eigenvalue weighted by atomic mass is 11.7. The van der Waals surface area contributed by atoms with Crippen molar-refractivity contribution in [1.29, 1.82) is 10.8 Å². The summed E-state index contributed by atoms with van der Waals surface area (Å²) in [7, 11) is 1.00. The van der Waals surface area contributed by atoms with E-state index in [1.807, 2.05) is 0 Å². The molecule has 0 aromatic heterocycles. The summed E-state index contributed by atoms with van der Waals surface area (Å²) in [6, 6.07) is 0. The van der Waals surface area contributed by atoms with Crippen LogP contribution in [0.3, 0.4) is 0 Å². The van der Waals surface area contributed by atoms with Gasteiger partial charge in [0.1, 0.15) is 0 Å². The van der Waals surface area contributed by atoms with Crippen LogP contribution in [0.1, 0.15) is 0 Å². The Morgan fingerprint density at radius 2 is 1.38 bits per heavy atom. The number of nitrogens with one attached hydrogen (secondary N) is 2. The first-order valence-corrected chi connectivity index (χ1v) is 6.90. The topological polar surface area (TPSA) is 47.7 Å². The molecule has 1 aliphatic heterocycles. The molecule has 6 heteroatoms. The van der Waals surface area contributed by atoms with Crippen molar-refractivity contribution in [2.45, 2.75) is 0 Å². The molecule has 4 radical (unpaired) electrons. The van der Waals surface area contributed by atoms with Gasteiger partial charge in [-0.3, -0.25) is 0 Å². The molecule has 1 fully saturated rings. The lowest BCUT2D eigenvalue weighted by Gasteiger charge is -2.07. The standard InChI is InChI=1S/C2H2N2S2Si2/c3-1-5-8-2(4)6-7-1/h3-4H. The van der Waals surface area contributed by atoms with Gasteiger partial charge in [-0.05, 0) is 0 Å². The van der Waals surface area contributed by atoms with E-state index in [1.54, 1.807) is 0 Å². The molecule has 8 heavy (non-hydrogen) atoms. The first-order valence-electron chi connectivity index (χ1n) is 1.82. The first-order chi connectivity index (χ1) is 3.79. The minimum atomic E-state index is 0.501. The molecule has 2 N–H and O–H groups in total. The molecule has 0 atom stereocenters. The lowest BCUT2D eigenvalue weighted by molar-refractivity contribution is 1.58. The molecule has 0 aliphatic carbocycles. The van der Waals surface area contributed by atoms with E-state index in [0.717, 1.165) is 9.33 Å². The smallest absolute Gasteiger partial charge is 0.203 e. The van der Waals surface area contributed by atoms with Gasteiger partial charge in [0, 0.05) is 0 Å². The zero-order chi connectivity index (χ0) is 5.98. The van der Waals surface area contributed by atoms with E-state index < -0.39 is 0 Å². The first kappa shape index (κ1) is 6.59. The Morgan fingerprint density at radius 3 is 1.62 bits per heavy atom. The highest BCUT2D eigenvalue weighted by molar-refractivity contribution is 8.55. The van der Waals surface area contributed by atoms with E-state index in [2.05, 4.69) is 0 Å². The van der Waals surface area contributed by atoms with Crippen LogP contribution in [-0.4, -0.2) is 26.7 Å². The van der Waals surface area contributed by atoms with Crippen molar-refractivity contribution in [3.63, 3.8) is 0 Å². The molecule has 0 unspecified atom stereocenters. The van der Waals surface area contributed by atoms with Crippen LogP contribution in [0.2, 0.25) is 0 Å².